The third kappa shape index (κ3) is 3.71. The Bertz CT molecular complexity index is 384. The maximum atomic E-state index is 12.5. The Balaban J connectivity index is 1.92. The van der Waals surface area contributed by atoms with Crippen molar-refractivity contribution in [2.45, 2.75) is 25.1 Å². The van der Waals surface area contributed by atoms with Crippen LogP contribution in [0.25, 0.3) is 0 Å². The van der Waals surface area contributed by atoms with Crippen molar-refractivity contribution in [3.05, 3.63) is 35.4 Å². The van der Waals surface area contributed by atoms with E-state index in [-0.39, 0.29) is 0 Å². The van der Waals surface area contributed by atoms with E-state index in [4.69, 9.17) is 0 Å². The molecule has 1 heterocycles. The molecular weight excluding hydrogens is 241 g/mol. The first kappa shape index (κ1) is 13.4. The van der Waals surface area contributed by atoms with Gasteiger partial charge in [0, 0.05) is 25.7 Å². The molecule has 0 spiro atoms. The van der Waals surface area contributed by atoms with Crippen molar-refractivity contribution in [3.63, 3.8) is 0 Å². The van der Waals surface area contributed by atoms with Crippen molar-refractivity contribution in [1.29, 1.82) is 0 Å². The second-order valence-electron chi connectivity index (χ2n) is 4.59. The van der Waals surface area contributed by atoms with Crippen LogP contribution < -0.4 is 10.6 Å². The SMILES string of the molecule is FC(F)(F)c1cccc(CC[C@H]2CNCCN2)c1. The summed E-state index contributed by atoms with van der Waals surface area (Å²) in [5.74, 6) is 0. The van der Waals surface area contributed by atoms with Crippen LogP contribution in [0.2, 0.25) is 0 Å². The summed E-state index contributed by atoms with van der Waals surface area (Å²) in [7, 11) is 0. The first-order chi connectivity index (χ1) is 8.55. The lowest BCUT2D eigenvalue weighted by atomic mass is 10.0. The molecule has 0 aliphatic carbocycles. The van der Waals surface area contributed by atoms with E-state index in [0.717, 1.165) is 37.7 Å². The fourth-order valence-electron chi connectivity index (χ4n) is 2.16. The van der Waals surface area contributed by atoms with Crippen molar-refractivity contribution in [3.8, 4) is 0 Å². The number of aryl methyl sites for hydroxylation is 1. The molecule has 5 heteroatoms. The highest BCUT2D eigenvalue weighted by Crippen LogP contribution is 2.29. The zero-order valence-corrected chi connectivity index (χ0v) is 10.1. The molecule has 1 atom stereocenters. The molecule has 1 aromatic rings. The van der Waals surface area contributed by atoms with E-state index in [1.54, 1.807) is 6.07 Å². The molecule has 1 saturated heterocycles. The highest BCUT2D eigenvalue weighted by atomic mass is 19.4. The topological polar surface area (TPSA) is 24.1 Å². The van der Waals surface area contributed by atoms with E-state index in [2.05, 4.69) is 10.6 Å². The third-order valence-corrected chi connectivity index (χ3v) is 3.16. The predicted octanol–water partition coefficient (Wildman–Crippen LogP) is 2.20. The van der Waals surface area contributed by atoms with Gasteiger partial charge in [-0.2, -0.15) is 13.2 Å². The standard InChI is InChI=1S/C13H17F3N2/c14-13(15,16)11-3-1-2-10(8-11)4-5-12-9-17-6-7-18-12/h1-3,8,12,17-18H,4-7,9H2/t12-/m0/s1. The smallest absolute Gasteiger partial charge is 0.314 e. The van der Waals surface area contributed by atoms with Gasteiger partial charge >= 0.3 is 6.18 Å². The van der Waals surface area contributed by atoms with Gasteiger partial charge in [-0.3, -0.25) is 0 Å². The summed E-state index contributed by atoms with van der Waals surface area (Å²) >= 11 is 0. The van der Waals surface area contributed by atoms with E-state index < -0.39 is 11.7 Å². The van der Waals surface area contributed by atoms with E-state index in [0.29, 0.717) is 12.5 Å². The maximum absolute atomic E-state index is 12.5. The zero-order valence-electron chi connectivity index (χ0n) is 10.1. The number of alkyl halides is 3. The number of nitrogens with one attached hydrogen (secondary N) is 2. The molecule has 2 rings (SSSR count). The average molecular weight is 258 g/mol. The van der Waals surface area contributed by atoms with Gasteiger partial charge in [0.2, 0.25) is 0 Å². The first-order valence-electron chi connectivity index (χ1n) is 6.16. The summed E-state index contributed by atoms with van der Waals surface area (Å²) in [4.78, 5) is 0. The van der Waals surface area contributed by atoms with Gasteiger partial charge in [-0.1, -0.05) is 18.2 Å². The van der Waals surface area contributed by atoms with Gasteiger partial charge in [-0.15, -0.1) is 0 Å². The van der Waals surface area contributed by atoms with Crippen molar-refractivity contribution >= 4 is 0 Å². The minimum atomic E-state index is -4.25. The molecule has 1 aliphatic rings. The molecule has 1 aliphatic heterocycles. The van der Waals surface area contributed by atoms with Crippen molar-refractivity contribution < 1.29 is 13.2 Å². The second kappa shape index (κ2) is 5.71. The molecule has 0 saturated carbocycles. The molecule has 2 nitrogen and oxygen atoms in total. The predicted molar refractivity (Wildman–Crippen MR) is 64.4 cm³/mol. The van der Waals surface area contributed by atoms with E-state index >= 15 is 0 Å². The number of hydrogen-bond acceptors (Lipinski definition) is 2. The van der Waals surface area contributed by atoms with Crippen LogP contribution in [0.3, 0.4) is 0 Å². The molecule has 1 fully saturated rings. The quantitative estimate of drug-likeness (QED) is 0.868. The lowest BCUT2D eigenvalue weighted by Gasteiger charge is -2.24. The minimum absolute atomic E-state index is 0.355. The molecule has 0 bridgehead atoms. The summed E-state index contributed by atoms with van der Waals surface area (Å²) in [6.07, 6.45) is -2.72. The van der Waals surface area contributed by atoms with Gasteiger partial charge in [0.1, 0.15) is 0 Å². The van der Waals surface area contributed by atoms with Crippen LogP contribution >= 0.6 is 0 Å². The lowest BCUT2D eigenvalue weighted by molar-refractivity contribution is -0.137. The number of benzene rings is 1. The molecule has 0 unspecified atom stereocenters. The Labute approximate surface area is 105 Å². The number of rotatable bonds is 3. The number of halogens is 3. The monoisotopic (exact) mass is 258 g/mol. The van der Waals surface area contributed by atoms with Crippen molar-refractivity contribution in [2.75, 3.05) is 19.6 Å². The van der Waals surface area contributed by atoms with Crippen LogP contribution in [-0.2, 0) is 12.6 Å². The largest absolute Gasteiger partial charge is 0.416 e. The molecule has 2 N–H and O–H groups in total. The minimum Gasteiger partial charge on any atom is -0.314 e. The molecule has 18 heavy (non-hydrogen) atoms. The van der Waals surface area contributed by atoms with Gasteiger partial charge in [0.25, 0.3) is 0 Å². The number of piperazine rings is 1. The fourth-order valence-corrected chi connectivity index (χ4v) is 2.16. The summed E-state index contributed by atoms with van der Waals surface area (Å²) in [5.41, 5.74) is 0.187. The zero-order chi connectivity index (χ0) is 13.0. The summed E-state index contributed by atoms with van der Waals surface area (Å²) < 4.78 is 37.6. The van der Waals surface area contributed by atoms with Crippen LogP contribution in [0.15, 0.2) is 24.3 Å². The molecule has 0 aromatic heterocycles. The van der Waals surface area contributed by atoms with Gasteiger partial charge in [-0.25, -0.2) is 0 Å². The summed E-state index contributed by atoms with van der Waals surface area (Å²) in [5, 5.41) is 6.61. The van der Waals surface area contributed by atoms with Gasteiger partial charge in [0.05, 0.1) is 5.56 Å². The maximum Gasteiger partial charge on any atom is 0.416 e. The van der Waals surface area contributed by atoms with E-state index in [9.17, 15) is 13.2 Å². The Morgan fingerprint density at radius 2 is 2.06 bits per heavy atom. The number of hydrogen-bond donors (Lipinski definition) is 2. The van der Waals surface area contributed by atoms with E-state index in [1.165, 1.54) is 12.1 Å². The fraction of sp³-hybridized carbons (Fsp3) is 0.538. The molecular formula is C13H17F3N2. The van der Waals surface area contributed by atoms with Crippen LogP contribution in [0.1, 0.15) is 17.5 Å². The van der Waals surface area contributed by atoms with Crippen LogP contribution in [0, 0.1) is 0 Å². The Morgan fingerprint density at radius 1 is 1.22 bits per heavy atom. The van der Waals surface area contributed by atoms with E-state index in [1.807, 2.05) is 0 Å². The van der Waals surface area contributed by atoms with Crippen LogP contribution in [0.5, 0.6) is 0 Å². The molecule has 0 radical (unpaired) electrons. The van der Waals surface area contributed by atoms with Crippen molar-refractivity contribution in [1.82, 2.24) is 10.6 Å². The summed E-state index contributed by atoms with van der Waals surface area (Å²) in [6, 6.07) is 5.95. The average Bonchev–Trinajstić information content (AvgIpc) is 2.37. The van der Waals surface area contributed by atoms with Gasteiger partial charge in [0.15, 0.2) is 0 Å². The highest BCUT2D eigenvalue weighted by molar-refractivity contribution is 5.25. The Morgan fingerprint density at radius 3 is 2.72 bits per heavy atom. The third-order valence-electron chi connectivity index (χ3n) is 3.16. The van der Waals surface area contributed by atoms with Crippen LogP contribution in [0.4, 0.5) is 13.2 Å². The summed E-state index contributed by atoms with van der Waals surface area (Å²) in [6.45, 7) is 2.77. The second-order valence-corrected chi connectivity index (χ2v) is 4.59. The normalized spacial score (nSPS) is 20.9. The van der Waals surface area contributed by atoms with Gasteiger partial charge < -0.3 is 10.6 Å². The Kier molecular flexibility index (Phi) is 4.24. The Hall–Kier alpha value is -1.07. The first-order valence-corrected chi connectivity index (χ1v) is 6.16. The molecule has 1 aromatic carbocycles. The molecule has 100 valence electrons. The highest BCUT2D eigenvalue weighted by Gasteiger charge is 2.30. The van der Waals surface area contributed by atoms with Gasteiger partial charge in [-0.05, 0) is 24.5 Å². The van der Waals surface area contributed by atoms with Crippen LogP contribution in [-0.4, -0.2) is 25.7 Å². The van der Waals surface area contributed by atoms with Crippen molar-refractivity contribution in [2.24, 2.45) is 0 Å². The lowest BCUT2D eigenvalue weighted by Crippen LogP contribution is -2.48. The molecule has 0 amide bonds.